The quantitative estimate of drug-likeness (QED) is 0.413. The van der Waals surface area contributed by atoms with Gasteiger partial charge in [0.15, 0.2) is 0 Å². The Kier molecular flexibility index (Phi) is 3.36. The Morgan fingerprint density at radius 2 is 1.82 bits per heavy atom. The van der Waals surface area contributed by atoms with Crippen molar-refractivity contribution in [3.05, 3.63) is 70.7 Å². The van der Waals surface area contributed by atoms with Gasteiger partial charge in [-0.05, 0) is 42.8 Å². The van der Waals surface area contributed by atoms with Crippen molar-refractivity contribution in [2.75, 3.05) is 0 Å². The molecule has 110 valence electrons. The van der Waals surface area contributed by atoms with E-state index in [0.717, 1.165) is 5.56 Å². The average molecular weight is 312 g/mol. The van der Waals surface area contributed by atoms with Crippen LogP contribution in [0.15, 0.2) is 64.7 Å². The molecule has 3 rings (SSSR count). The largest absolute Gasteiger partial charge is 0.268 e. The van der Waals surface area contributed by atoms with E-state index in [4.69, 9.17) is 5.53 Å². The number of benzene rings is 2. The first-order valence-corrected chi connectivity index (χ1v) is 7.95. The number of hydrogen-bond donors (Lipinski definition) is 0. The third kappa shape index (κ3) is 2.32. The minimum atomic E-state index is -3.65. The molecular formula is C15H12N4O2S. The second-order valence-electron chi connectivity index (χ2n) is 4.86. The van der Waals surface area contributed by atoms with Crippen molar-refractivity contribution in [2.45, 2.75) is 11.8 Å². The van der Waals surface area contributed by atoms with Crippen LogP contribution in [-0.2, 0) is 10.0 Å². The van der Waals surface area contributed by atoms with Gasteiger partial charge in [0.1, 0.15) is 0 Å². The van der Waals surface area contributed by atoms with Gasteiger partial charge in [-0.2, -0.15) is 0 Å². The van der Waals surface area contributed by atoms with Crippen molar-refractivity contribution in [3.8, 4) is 0 Å². The van der Waals surface area contributed by atoms with Gasteiger partial charge in [0.2, 0.25) is 0 Å². The van der Waals surface area contributed by atoms with E-state index in [1.54, 1.807) is 48.5 Å². The standard InChI is InChI=1S/C15H12N4O2S/c1-11-2-5-14(6-3-11)22(20,21)19-9-8-12-10-13(17-18-16)4-7-15(12)19/h2-10H,1H3. The first-order chi connectivity index (χ1) is 10.5. The molecule has 0 atom stereocenters. The molecule has 0 saturated heterocycles. The van der Waals surface area contributed by atoms with Gasteiger partial charge in [-0.15, -0.1) is 0 Å². The highest BCUT2D eigenvalue weighted by Gasteiger charge is 2.18. The van der Waals surface area contributed by atoms with Gasteiger partial charge in [-0.3, -0.25) is 0 Å². The van der Waals surface area contributed by atoms with Crippen molar-refractivity contribution in [1.82, 2.24) is 3.97 Å². The van der Waals surface area contributed by atoms with Crippen molar-refractivity contribution >= 4 is 26.6 Å². The summed E-state index contributed by atoms with van der Waals surface area (Å²) in [7, 11) is -3.65. The van der Waals surface area contributed by atoms with Crippen molar-refractivity contribution in [1.29, 1.82) is 0 Å². The van der Waals surface area contributed by atoms with Crippen LogP contribution in [0.2, 0.25) is 0 Å². The number of nitrogens with zero attached hydrogens (tertiary/aromatic N) is 4. The predicted octanol–water partition coefficient (Wildman–Crippen LogP) is 4.13. The van der Waals surface area contributed by atoms with E-state index >= 15 is 0 Å². The zero-order chi connectivity index (χ0) is 15.7. The van der Waals surface area contributed by atoms with Crippen molar-refractivity contribution in [3.63, 3.8) is 0 Å². The molecule has 1 heterocycles. The lowest BCUT2D eigenvalue weighted by Gasteiger charge is -2.08. The van der Waals surface area contributed by atoms with Gasteiger partial charge in [0.25, 0.3) is 10.0 Å². The Morgan fingerprint density at radius 1 is 1.09 bits per heavy atom. The molecular weight excluding hydrogens is 300 g/mol. The molecule has 0 aliphatic rings. The van der Waals surface area contributed by atoms with Crippen LogP contribution in [0.25, 0.3) is 21.3 Å². The average Bonchev–Trinajstić information content (AvgIpc) is 2.92. The Hall–Kier alpha value is -2.76. The summed E-state index contributed by atoms with van der Waals surface area (Å²) >= 11 is 0. The molecule has 0 aliphatic heterocycles. The van der Waals surface area contributed by atoms with Crippen LogP contribution in [-0.4, -0.2) is 12.4 Å². The molecule has 0 spiro atoms. The second kappa shape index (κ2) is 5.22. The normalized spacial score (nSPS) is 11.3. The van der Waals surface area contributed by atoms with Gasteiger partial charge >= 0.3 is 0 Å². The third-order valence-corrected chi connectivity index (χ3v) is 5.08. The summed E-state index contributed by atoms with van der Waals surface area (Å²) in [5, 5.41) is 4.21. The van der Waals surface area contributed by atoms with Gasteiger partial charge in [0, 0.05) is 22.2 Å². The van der Waals surface area contributed by atoms with E-state index in [-0.39, 0.29) is 4.90 Å². The SMILES string of the molecule is Cc1ccc(S(=O)(=O)n2ccc3cc(N=[N+]=[N-])ccc32)cc1. The van der Waals surface area contributed by atoms with Gasteiger partial charge in [-0.25, -0.2) is 12.4 Å². The molecule has 0 N–H and O–H groups in total. The molecule has 6 nitrogen and oxygen atoms in total. The van der Waals surface area contributed by atoms with E-state index < -0.39 is 10.0 Å². The summed E-state index contributed by atoms with van der Waals surface area (Å²) in [5.74, 6) is 0. The smallest absolute Gasteiger partial charge is 0.241 e. The van der Waals surface area contributed by atoms with Gasteiger partial charge in [0.05, 0.1) is 10.4 Å². The van der Waals surface area contributed by atoms with E-state index in [9.17, 15) is 8.42 Å². The number of hydrogen-bond acceptors (Lipinski definition) is 3. The number of rotatable bonds is 3. The highest BCUT2D eigenvalue weighted by atomic mass is 32.2. The summed E-state index contributed by atoms with van der Waals surface area (Å²) < 4.78 is 26.7. The van der Waals surface area contributed by atoms with E-state index in [1.807, 2.05) is 6.92 Å². The summed E-state index contributed by atoms with van der Waals surface area (Å²) in [6, 6.07) is 13.2. The lowest BCUT2D eigenvalue weighted by Crippen LogP contribution is -2.11. The lowest BCUT2D eigenvalue weighted by molar-refractivity contribution is 0.589. The zero-order valence-corrected chi connectivity index (χ0v) is 12.5. The van der Waals surface area contributed by atoms with Crippen molar-refractivity contribution in [2.24, 2.45) is 5.11 Å². The number of fused-ring (bicyclic) bond motifs is 1. The lowest BCUT2D eigenvalue weighted by atomic mass is 10.2. The fourth-order valence-corrected chi connectivity index (χ4v) is 3.61. The maximum Gasteiger partial charge on any atom is 0.268 e. The van der Waals surface area contributed by atoms with Crippen LogP contribution in [0.4, 0.5) is 5.69 Å². The zero-order valence-electron chi connectivity index (χ0n) is 11.7. The highest BCUT2D eigenvalue weighted by Crippen LogP contribution is 2.26. The van der Waals surface area contributed by atoms with Gasteiger partial charge in [-0.1, -0.05) is 28.9 Å². The topological polar surface area (TPSA) is 87.8 Å². The first kappa shape index (κ1) is 14.2. The summed E-state index contributed by atoms with van der Waals surface area (Å²) in [4.78, 5) is 2.96. The summed E-state index contributed by atoms with van der Waals surface area (Å²) in [6.07, 6.45) is 1.50. The monoisotopic (exact) mass is 312 g/mol. The predicted molar refractivity (Wildman–Crippen MR) is 84.5 cm³/mol. The molecule has 7 heteroatoms. The second-order valence-corrected chi connectivity index (χ2v) is 6.68. The fraction of sp³-hybridized carbons (Fsp3) is 0.0667. The molecule has 1 aromatic heterocycles. The Labute approximate surface area is 127 Å². The number of azide groups is 1. The Bertz CT molecular complexity index is 998. The minimum absolute atomic E-state index is 0.231. The molecule has 0 bridgehead atoms. The molecule has 3 aromatic rings. The molecule has 0 aliphatic carbocycles. The maximum absolute atomic E-state index is 12.7. The van der Waals surface area contributed by atoms with Gasteiger partial charge < -0.3 is 0 Å². The van der Waals surface area contributed by atoms with Crippen LogP contribution < -0.4 is 0 Å². The Morgan fingerprint density at radius 3 is 2.50 bits per heavy atom. The van der Waals surface area contributed by atoms with Crippen LogP contribution in [0.1, 0.15) is 5.56 Å². The highest BCUT2D eigenvalue weighted by molar-refractivity contribution is 7.90. The van der Waals surface area contributed by atoms with E-state index in [0.29, 0.717) is 16.6 Å². The fourth-order valence-electron chi connectivity index (χ4n) is 2.25. The van der Waals surface area contributed by atoms with Crippen LogP contribution >= 0.6 is 0 Å². The third-order valence-electron chi connectivity index (χ3n) is 3.38. The molecule has 2 aromatic carbocycles. The number of aryl methyl sites for hydroxylation is 1. The Balaban J connectivity index is 2.17. The first-order valence-electron chi connectivity index (χ1n) is 6.51. The van der Waals surface area contributed by atoms with Crippen LogP contribution in [0.3, 0.4) is 0 Å². The maximum atomic E-state index is 12.7. The summed E-state index contributed by atoms with van der Waals surface area (Å²) in [6.45, 7) is 1.90. The molecule has 0 saturated carbocycles. The van der Waals surface area contributed by atoms with Crippen LogP contribution in [0, 0.1) is 6.92 Å². The molecule has 0 unspecified atom stereocenters. The number of aromatic nitrogens is 1. The molecule has 22 heavy (non-hydrogen) atoms. The summed E-state index contributed by atoms with van der Waals surface area (Å²) in [5.41, 5.74) is 10.4. The molecule has 0 fully saturated rings. The van der Waals surface area contributed by atoms with Crippen molar-refractivity contribution < 1.29 is 8.42 Å². The van der Waals surface area contributed by atoms with Crippen LogP contribution in [0.5, 0.6) is 0 Å². The molecule has 0 radical (unpaired) electrons. The molecule has 0 amide bonds. The van der Waals surface area contributed by atoms with E-state index in [1.165, 1.54) is 10.2 Å². The minimum Gasteiger partial charge on any atom is -0.241 e. The van der Waals surface area contributed by atoms with E-state index in [2.05, 4.69) is 10.0 Å².